The SMILES string of the molecule is CC1(C)[C@H]2CC=C(/C=N/n3c(-c4ccc(OC(F)F)cc4)n[nH]c3=S)[C@H]1C2. The molecule has 1 saturated carbocycles. The summed E-state index contributed by atoms with van der Waals surface area (Å²) in [6, 6.07) is 6.23. The molecular weight excluding hydrogens is 370 g/mol. The van der Waals surface area contributed by atoms with Gasteiger partial charge in [0.15, 0.2) is 5.82 Å². The number of hydrogen-bond donors (Lipinski definition) is 1. The second-order valence-corrected chi connectivity index (χ2v) is 7.94. The minimum atomic E-state index is -2.85. The average Bonchev–Trinajstić information content (AvgIpc) is 3.00. The van der Waals surface area contributed by atoms with E-state index in [9.17, 15) is 8.78 Å². The Morgan fingerprint density at radius 2 is 2.11 bits per heavy atom. The smallest absolute Gasteiger partial charge is 0.387 e. The standard InChI is InChI=1S/C19H20F2N4OS/c1-19(2)13-6-3-12(15(19)9-13)10-22-25-16(23-24-18(25)27)11-4-7-14(8-5-11)26-17(20)21/h3-5,7-8,10,13,15,17H,6,9H2,1-2H3,(H,24,27)/b22-10+/t13-,15+/m0/s1. The first-order valence-corrected chi connectivity index (χ1v) is 9.24. The fourth-order valence-electron chi connectivity index (χ4n) is 4.04. The number of fused-ring (bicyclic) bond motifs is 1. The molecule has 1 aromatic carbocycles. The lowest BCUT2D eigenvalue weighted by Crippen LogP contribution is -2.48. The zero-order chi connectivity index (χ0) is 19.2. The van der Waals surface area contributed by atoms with Gasteiger partial charge in [-0.3, -0.25) is 0 Å². The Kier molecular flexibility index (Phi) is 4.46. The highest BCUT2D eigenvalue weighted by molar-refractivity contribution is 7.71. The topological polar surface area (TPSA) is 55.2 Å². The van der Waals surface area contributed by atoms with E-state index in [4.69, 9.17) is 12.2 Å². The number of nitrogens with one attached hydrogen (secondary N) is 1. The Balaban J connectivity index is 1.59. The lowest BCUT2D eigenvalue weighted by atomic mass is 9.49. The summed E-state index contributed by atoms with van der Waals surface area (Å²) in [6.45, 7) is 1.77. The number of alkyl halides is 2. The molecule has 1 aromatic heterocycles. The molecule has 27 heavy (non-hydrogen) atoms. The van der Waals surface area contributed by atoms with E-state index in [0.717, 1.165) is 12.3 Å². The van der Waals surface area contributed by atoms with Crippen molar-refractivity contribution in [3.8, 4) is 17.1 Å². The van der Waals surface area contributed by atoms with Crippen molar-refractivity contribution in [1.29, 1.82) is 0 Å². The van der Waals surface area contributed by atoms with Crippen LogP contribution in [0, 0.1) is 22.0 Å². The number of halogens is 2. The van der Waals surface area contributed by atoms with Gasteiger partial charge in [-0.05, 0) is 72.1 Å². The van der Waals surface area contributed by atoms with Crippen LogP contribution in [0.5, 0.6) is 5.75 Å². The summed E-state index contributed by atoms with van der Waals surface area (Å²) in [6.07, 6.45) is 6.42. The summed E-state index contributed by atoms with van der Waals surface area (Å²) in [5.74, 6) is 1.89. The van der Waals surface area contributed by atoms with E-state index < -0.39 is 6.61 Å². The molecule has 1 heterocycles. The third-order valence-electron chi connectivity index (χ3n) is 5.82. The van der Waals surface area contributed by atoms with Crippen molar-refractivity contribution in [2.24, 2.45) is 22.4 Å². The van der Waals surface area contributed by atoms with Crippen LogP contribution in [0.2, 0.25) is 0 Å². The van der Waals surface area contributed by atoms with Crippen molar-refractivity contribution < 1.29 is 13.5 Å². The fourth-order valence-corrected chi connectivity index (χ4v) is 4.22. The van der Waals surface area contributed by atoms with Gasteiger partial charge in [0.1, 0.15) is 5.75 Å². The molecule has 0 unspecified atom stereocenters. The van der Waals surface area contributed by atoms with Gasteiger partial charge in [0, 0.05) is 5.56 Å². The van der Waals surface area contributed by atoms with Gasteiger partial charge in [-0.2, -0.15) is 23.7 Å². The normalized spacial score (nSPS) is 23.4. The van der Waals surface area contributed by atoms with Gasteiger partial charge in [-0.15, -0.1) is 0 Å². The molecule has 5 rings (SSSR count). The van der Waals surface area contributed by atoms with Crippen LogP contribution in [0.4, 0.5) is 8.78 Å². The minimum absolute atomic E-state index is 0.0899. The van der Waals surface area contributed by atoms with Crippen molar-refractivity contribution in [3.05, 3.63) is 40.7 Å². The van der Waals surface area contributed by atoms with E-state index in [-0.39, 0.29) is 5.75 Å². The van der Waals surface area contributed by atoms with Crippen LogP contribution in [0.1, 0.15) is 26.7 Å². The Hall–Kier alpha value is -2.35. The van der Waals surface area contributed by atoms with E-state index >= 15 is 0 Å². The molecule has 3 aliphatic carbocycles. The summed E-state index contributed by atoms with van der Waals surface area (Å²) in [4.78, 5) is 0. The maximum atomic E-state index is 12.3. The molecular formula is C19H20F2N4OS. The van der Waals surface area contributed by atoms with Crippen LogP contribution in [0.3, 0.4) is 0 Å². The number of aromatic amines is 1. The van der Waals surface area contributed by atoms with Crippen LogP contribution in [0.25, 0.3) is 11.4 Å². The lowest BCUT2D eigenvalue weighted by Gasteiger charge is -2.55. The van der Waals surface area contributed by atoms with Crippen molar-refractivity contribution in [3.63, 3.8) is 0 Å². The highest BCUT2D eigenvalue weighted by Gasteiger charge is 2.50. The number of ether oxygens (including phenoxy) is 1. The number of nitrogens with zero attached hydrogens (tertiary/aromatic N) is 3. The maximum Gasteiger partial charge on any atom is 0.387 e. The van der Waals surface area contributed by atoms with Gasteiger partial charge >= 0.3 is 6.61 Å². The van der Waals surface area contributed by atoms with Crippen molar-refractivity contribution in [1.82, 2.24) is 14.9 Å². The summed E-state index contributed by atoms with van der Waals surface area (Å²) in [5, 5.41) is 11.5. The van der Waals surface area contributed by atoms with Crippen LogP contribution in [-0.4, -0.2) is 27.7 Å². The molecule has 2 bridgehead atoms. The Bertz CT molecular complexity index is 959. The van der Waals surface area contributed by atoms with Crippen LogP contribution in [-0.2, 0) is 0 Å². The molecule has 0 saturated heterocycles. The second-order valence-electron chi connectivity index (χ2n) is 7.56. The first-order valence-electron chi connectivity index (χ1n) is 8.83. The van der Waals surface area contributed by atoms with E-state index in [1.54, 1.807) is 16.8 Å². The Labute approximate surface area is 160 Å². The first-order chi connectivity index (χ1) is 12.9. The molecule has 0 aliphatic heterocycles. The molecule has 1 fully saturated rings. The predicted molar refractivity (Wildman–Crippen MR) is 101 cm³/mol. The average molecular weight is 390 g/mol. The minimum Gasteiger partial charge on any atom is -0.435 e. The van der Waals surface area contributed by atoms with E-state index in [1.807, 2.05) is 6.21 Å². The highest BCUT2D eigenvalue weighted by atomic mass is 32.1. The summed E-state index contributed by atoms with van der Waals surface area (Å²) in [5.41, 5.74) is 2.25. The van der Waals surface area contributed by atoms with E-state index in [2.05, 4.69) is 40.0 Å². The predicted octanol–water partition coefficient (Wildman–Crippen LogP) is 5.04. The molecule has 2 atom stereocenters. The molecule has 1 N–H and O–H groups in total. The van der Waals surface area contributed by atoms with Gasteiger partial charge in [0.2, 0.25) is 4.77 Å². The molecule has 0 spiro atoms. The number of hydrogen-bond acceptors (Lipinski definition) is 4. The van der Waals surface area contributed by atoms with Gasteiger partial charge in [-0.1, -0.05) is 19.9 Å². The zero-order valence-corrected chi connectivity index (χ0v) is 15.8. The molecule has 142 valence electrons. The number of rotatable bonds is 5. The number of H-pyrrole nitrogens is 1. The van der Waals surface area contributed by atoms with Crippen molar-refractivity contribution in [2.75, 3.05) is 0 Å². The third kappa shape index (κ3) is 3.22. The second kappa shape index (κ2) is 6.67. The summed E-state index contributed by atoms with van der Waals surface area (Å²) in [7, 11) is 0. The highest BCUT2D eigenvalue weighted by Crippen LogP contribution is 2.58. The first kappa shape index (κ1) is 18.0. The van der Waals surface area contributed by atoms with Gasteiger partial charge < -0.3 is 4.74 Å². The van der Waals surface area contributed by atoms with Gasteiger partial charge in [-0.25, -0.2) is 5.10 Å². The van der Waals surface area contributed by atoms with Crippen LogP contribution >= 0.6 is 12.2 Å². The van der Waals surface area contributed by atoms with Crippen LogP contribution < -0.4 is 4.74 Å². The van der Waals surface area contributed by atoms with E-state index in [1.165, 1.54) is 24.1 Å². The van der Waals surface area contributed by atoms with Crippen molar-refractivity contribution in [2.45, 2.75) is 33.3 Å². The van der Waals surface area contributed by atoms with Gasteiger partial charge in [0.25, 0.3) is 0 Å². The summed E-state index contributed by atoms with van der Waals surface area (Å²) < 4.78 is 30.9. The largest absolute Gasteiger partial charge is 0.435 e. The molecule has 0 amide bonds. The maximum absolute atomic E-state index is 12.3. The Morgan fingerprint density at radius 1 is 1.37 bits per heavy atom. The van der Waals surface area contributed by atoms with E-state index in [0.29, 0.717) is 27.5 Å². The lowest BCUT2D eigenvalue weighted by molar-refractivity contribution is -0.0498. The molecule has 3 aliphatic rings. The van der Waals surface area contributed by atoms with Gasteiger partial charge in [0.05, 0.1) is 6.21 Å². The molecule has 5 nitrogen and oxygen atoms in total. The molecule has 0 radical (unpaired) electrons. The van der Waals surface area contributed by atoms with Crippen molar-refractivity contribution >= 4 is 18.4 Å². The zero-order valence-electron chi connectivity index (χ0n) is 15.0. The molecule has 2 aromatic rings. The summed E-state index contributed by atoms with van der Waals surface area (Å²) >= 11 is 5.29. The van der Waals surface area contributed by atoms with Crippen LogP contribution in [0.15, 0.2) is 41.0 Å². The number of allylic oxidation sites excluding steroid dienone is 2. The monoisotopic (exact) mass is 390 g/mol. The number of aromatic nitrogens is 3. The Morgan fingerprint density at radius 3 is 2.74 bits per heavy atom. The third-order valence-corrected chi connectivity index (χ3v) is 6.09. The quantitative estimate of drug-likeness (QED) is 0.575. The fraction of sp³-hybridized carbons (Fsp3) is 0.421. The number of benzene rings is 1. The molecule has 8 heteroatoms.